The van der Waals surface area contributed by atoms with E-state index in [0.29, 0.717) is 49.2 Å². The highest BCUT2D eigenvalue weighted by Crippen LogP contribution is 2.51. The third kappa shape index (κ3) is 3.18. The summed E-state index contributed by atoms with van der Waals surface area (Å²) in [6, 6.07) is 13.2. The van der Waals surface area contributed by atoms with Gasteiger partial charge in [0.15, 0.2) is 11.5 Å². The van der Waals surface area contributed by atoms with Gasteiger partial charge in [-0.25, -0.2) is 0 Å². The Morgan fingerprint density at radius 3 is 2.62 bits per heavy atom. The fourth-order valence-corrected chi connectivity index (χ4v) is 4.48. The Bertz CT molecular complexity index is 1230. The number of anilines is 1. The summed E-state index contributed by atoms with van der Waals surface area (Å²) < 4.78 is 16.2. The number of rotatable bonds is 4. The molecule has 3 aliphatic rings. The Morgan fingerprint density at radius 2 is 1.81 bits per heavy atom. The molecule has 2 aliphatic heterocycles. The van der Waals surface area contributed by atoms with Crippen LogP contribution in [-0.2, 0) is 14.9 Å². The van der Waals surface area contributed by atoms with Gasteiger partial charge in [-0.05, 0) is 54.8 Å². The minimum atomic E-state index is -0.536. The molecule has 1 saturated heterocycles. The lowest BCUT2D eigenvalue weighted by atomic mass is 9.94. The van der Waals surface area contributed by atoms with E-state index in [1.807, 2.05) is 42.5 Å². The van der Waals surface area contributed by atoms with Crippen molar-refractivity contribution in [1.82, 2.24) is 9.88 Å². The van der Waals surface area contributed by atoms with Gasteiger partial charge in [-0.1, -0.05) is 6.07 Å². The van der Waals surface area contributed by atoms with E-state index in [1.165, 1.54) is 0 Å². The zero-order chi connectivity index (χ0) is 21.7. The number of carbonyl (C=O) groups excluding carboxylic acids is 2. The Hall–Kier alpha value is -3.52. The predicted octanol–water partition coefficient (Wildman–Crippen LogP) is 3.29. The van der Waals surface area contributed by atoms with E-state index < -0.39 is 5.41 Å². The van der Waals surface area contributed by atoms with Gasteiger partial charge in [0.05, 0.1) is 18.6 Å². The number of aromatic amines is 1. The lowest BCUT2D eigenvalue weighted by molar-refractivity contribution is -0.118. The number of fused-ring (bicyclic) bond motifs is 2. The molecule has 3 aromatic rings. The lowest BCUT2D eigenvalue weighted by Crippen LogP contribution is -2.40. The topological polar surface area (TPSA) is 92.9 Å². The van der Waals surface area contributed by atoms with E-state index in [0.717, 1.165) is 29.3 Å². The molecule has 1 saturated carbocycles. The molecule has 8 heteroatoms. The van der Waals surface area contributed by atoms with Gasteiger partial charge >= 0.3 is 0 Å². The number of nitrogens with one attached hydrogen (secondary N) is 2. The molecular formula is C24H25N3O5. The van der Waals surface area contributed by atoms with Gasteiger partial charge in [-0.3, -0.25) is 9.59 Å². The number of aromatic nitrogens is 1. The summed E-state index contributed by atoms with van der Waals surface area (Å²) in [6.07, 6.45) is 1.59. The first kappa shape index (κ1) is 19.2. The van der Waals surface area contributed by atoms with E-state index in [9.17, 15) is 9.59 Å². The van der Waals surface area contributed by atoms with E-state index in [2.05, 4.69) is 10.3 Å². The van der Waals surface area contributed by atoms with Gasteiger partial charge in [0.25, 0.3) is 5.91 Å². The quantitative estimate of drug-likeness (QED) is 0.656. The number of amides is 2. The zero-order valence-corrected chi connectivity index (χ0v) is 17.5. The molecular weight excluding hydrogens is 410 g/mol. The second kappa shape index (κ2) is 7.27. The number of carbonyl (C=O) groups is 2. The van der Waals surface area contributed by atoms with Gasteiger partial charge in [0, 0.05) is 31.1 Å². The molecule has 166 valence electrons. The molecule has 1 aliphatic carbocycles. The fourth-order valence-electron chi connectivity index (χ4n) is 4.48. The maximum Gasteiger partial charge on any atom is 0.270 e. The van der Waals surface area contributed by atoms with E-state index in [4.69, 9.17) is 14.2 Å². The van der Waals surface area contributed by atoms with Crippen molar-refractivity contribution >= 4 is 28.4 Å². The third-order valence-corrected chi connectivity index (χ3v) is 6.52. The summed E-state index contributed by atoms with van der Waals surface area (Å²) in [4.78, 5) is 30.9. The smallest absolute Gasteiger partial charge is 0.270 e. The summed E-state index contributed by atoms with van der Waals surface area (Å²) in [7, 11) is 0. The molecule has 6 rings (SSSR count). The van der Waals surface area contributed by atoms with Crippen LogP contribution in [0.4, 0.5) is 5.69 Å². The normalized spacial score (nSPS) is 18.6. The van der Waals surface area contributed by atoms with Gasteiger partial charge in [-0.2, -0.15) is 0 Å². The maximum atomic E-state index is 13.2. The molecule has 0 bridgehead atoms. The monoisotopic (exact) mass is 435 g/mol. The zero-order valence-electron chi connectivity index (χ0n) is 17.5. The maximum absolute atomic E-state index is 13.2. The molecule has 2 aromatic carbocycles. The summed E-state index contributed by atoms with van der Waals surface area (Å²) in [5, 5.41) is 3.95. The summed E-state index contributed by atoms with van der Waals surface area (Å²) in [5.41, 5.74) is 2.52. The lowest BCUT2D eigenvalue weighted by Gasteiger charge is -2.26. The molecule has 1 aromatic heterocycles. The highest BCUT2D eigenvalue weighted by Gasteiger charge is 2.51. The van der Waals surface area contributed by atoms with Crippen LogP contribution in [0.5, 0.6) is 11.5 Å². The molecule has 2 amide bonds. The number of nitrogens with zero attached hydrogens (tertiary/aromatic N) is 1. The predicted molar refractivity (Wildman–Crippen MR) is 119 cm³/mol. The van der Waals surface area contributed by atoms with Crippen LogP contribution in [0.1, 0.15) is 30.3 Å². The first-order valence-electron chi connectivity index (χ1n) is 10.8. The van der Waals surface area contributed by atoms with E-state index in [1.54, 1.807) is 4.90 Å². The number of morpholine rings is 1. The molecule has 2 fully saturated rings. The molecule has 3 heterocycles. The number of hydrogen-bond donors (Lipinski definition) is 2. The standard InChI is InChI=1S/C24H23N3O5.H2/c28-22(27-7-9-30-10-8-27)19-12-15-11-17(2-3-18(15)26-19)25-23(29)24(5-6-24)16-1-4-20-21(13-16)32-14-31-20;/h1-4,11-13,26H,5-10,14H2,(H,25,29);1H. The van der Waals surface area contributed by atoms with Crippen LogP contribution in [0.15, 0.2) is 42.5 Å². The van der Waals surface area contributed by atoms with Gasteiger partial charge < -0.3 is 29.4 Å². The van der Waals surface area contributed by atoms with Gasteiger partial charge in [-0.15, -0.1) is 0 Å². The Kier molecular flexibility index (Phi) is 4.36. The van der Waals surface area contributed by atoms with Gasteiger partial charge in [0.1, 0.15) is 5.69 Å². The first-order chi connectivity index (χ1) is 15.6. The summed E-state index contributed by atoms with van der Waals surface area (Å²) in [6.45, 7) is 2.53. The molecule has 0 unspecified atom stereocenters. The number of ether oxygens (including phenoxy) is 3. The molecule has 8 nitrogen and oxygen atoms in total. The first-order valence-corrected chi connectivity index (χ1v) is 10.8. The second-order valence-corrected chi connectivity index (χ2v) is 8.49. The highest BCUT2D eigenvalue weighted by atomic mass is 16.7. The minimum Gasteiger partial charge on any atom is -0.454 e. The van der Waals surface area contributed by atoms with Crippen molar-refractivity contribution in [2.45, 2.75) is 18.3 Å². The van der Waals surface area contributed by atoms with Crippen LogP contribution < -0.4 is 14.8 Å². The Balaban J connectivity index is 0.00000228. The van der Waals surface area contributed by atoms with E-state index in [-0.39, 0.29) is 20.0 Å². The largest absolute Gasteiger partial charge is 0.454 e. The van der Waals surface area contributed by atoms with Crippen molar-refractivity contribution in [2.24, 2.45) is 0 Å². The van der Waals surface area contributed by atoms with Crippen LogP contribution in [-0.4, -0.2) is 54.8 Å². The molecule has 0 radical (unpaired) electrons. The Morgan fingerprint density at radius 1 is 1.00 bits per heavy atom. The summed E-state index contributed by atoms with van der Waals surface area (Å²) >= 11 is 0. The average molecular weight is 435 g/mol. The van der Waals surface area contributed by atoms with Crippen molar-refractivity contribution in [2.75, 3.05) is 38.4 Å². The van der Waals surface area contributed by atoms with Crippen molar-refractivity contribution in [1.29, 1.82) is 0 Å². The van der Waals surface area contributed by atoms with Crippen LogP contribution >= 0.6 is 0 Å². The van der Waals surface area contributed by atoms with Crippen LogP contribution in [0.25, 0.3) is 10.9 Å². The molecule has 2 N–H and O–H groups in total. The number of H-pyrrole nitrogens is 1. The van der Waals surface area contributed by atoms with Crippen molar-refractivity contribution in [3.63, 3.8) is 0 Å². The van der Waals surface area contributed by atoms with E-state index >= 15 is 0 Å². The van der Waals surface area contributed by atoms with Gasteiger partial charge in [0.2, 0.25) is 12.7 Å². The minimum absolute atomic E-state index is 0. The van der Waals surface area contributed by atoms with Crippen molar-refractivity contribution in [3.05, 3.63) is 53.7 Å². The second-order valence-electron chi connectivity index (χ2n) is 8.49. The third-order valence-electron chi connectivity index (χ3n) is 6.52. The number of benzene rings is 2. The highest BCUT2D eigenvalue weighted by molar-refractivity contribution is 6.03. The van der Waals surface area contributed by atoms with Crippen LogP contribution in [0, 0.1) is 0 Å². The Labute approximate surface area is 185 Å². The summed E-state index contributed by atoms with van der Waals surface area (Å²) in [5.74, 6) is 1.34. The molecule has 0 atom stereocenters. The van der Waals surface area contributed by atoms with Crippen LogP contribution in [0.3, 0.4) is 0 Å². The SMILES string of the molecule is O=C(c1cc2cc(NC(=O)C3(c4ccc5c(c4)OCO5)CC3)ccc2[nH]1)N1CCOCC1.[HH]. The van der Waals surface area contributed by atoms with Crippen LogP contribution in [0.2, 0.25) is 0 Å². The number of hydrogen-bond acceptors (Lipinski definition) is 5. The molecule has 0 spiro atoms. The average Bonchev–Trinajstić information content (AvgIpc) is 3.32. The fraction of sp³-hybridized carbons (Fsp3) is 0.333. The molecule has 32 heavy (non-hydrogen) atoms. The van der Waals surface area contributed by atoms with Crippen molar-refractivity contribution < 1.29 is 25.2 Å². The van der Waals surface area contributed by atoms with Crippen molar-refractivity contribution in [3.8, 4) is 11.5 Å².